The second-order valence-corrected chi connectivity index (χ2v) is 6.08. The second-order valence-electron chi connectivity index (χ2n) is 4.88. The van der Waals surface area contributed by atoms with Crippen molar-refractivity contribution in [2.75, 3.05) is 6.54 Å². The van der Waals surface area contributed by atoms with Crippen molar-refractivity contribution in [3.05, 3.63) is 68.7 Å². The van der Waals surface area contributed by atoms with Gasteiger partial charge in [-0.15, -0.1) is 0 Å². The molecule has 106 valence electrons. The molecule has 1 unspecified atom stereocenters. The summed E-state index contributed by atoms with van der Waals surface area (Å²) in [6, 6.07) is 14.7. The standard InChI is InChI=1S/C17H19BrClN/c1-3-20-16(11-13-8-4-5-10-15(13)19)14-9-6-7-12(2)17(14)18/h4-10,16,20H,3,11H2,1-2H3. The van der Waals surface area contributed by atoms with Crippen LogP contribution in [0.15, 0.2) is 46.9 Å². The Balaban J connectivity index is 2.32. The molecule has 20 heavy (non-hydrogen) atoms. The lowest BCUT2D eigenvalue weighted by Gasteiger charge is -2.21. The molecule has 0 amide bonds. The smallest absolute Gasteiger partial charge is 0.0438 e. The largest absolute Gasteiger partial charge is 0.310 e. The molecule has 0 aromatic heterocycles. The van der Waals surface area contributed by atoms with E-state index in [0.29, 0.717) is 0 Å². The topological polar surface area (TPSA) is 12.0 Å². The Kier molecular flexibility index (Phi) is 5.64. The van der Waals surface area contributed by atoms with E-state index in [1.165, 1.54) is 21.2 Å². The van der Waals surface area contributed by atoms with Gasteiger partial charge in [0.2, 0.25) is 0 Å². The van der Waals surface area contributed by atoms with E-state index in [1.807, 2.05) is 18.2 Å². The Morgan fingerprint density at radius 1 is 1.15 bits per heavy atom. The van der Waals surface area contributed by atoms with Gasteiger partial charge in [0, 0.05) is 15.5 Å². The highest BCUT2D eigenvalue weighted by Crippen LogP contribution is 2.30. The van der Waals surface area contributed by atoms with Gasteiger partial charge in [0.25, 0.3) is 0 Å². The molecule has 0 aliphatic heterocycles. The summed E-state index contributed by atoms with van der Waals surface area (Å²) in [5.74, 6) is 0. The van der Waals surface area contributed by atoms with Crippen LogP contribution in [0, 0.1) is 6.92 Å². The van der Waals surface area contributed by atoms with Crippen molar-refractivity contribution in [3.8, 4) is 0 Å². The van der Waals surface area contributed by atoms with E-state index < -0.39 is 0 Å². The fourth-order valence-electron chi connectivity index (χ4n) is 2.36. The van der Waals surface area contributed by atoms with Crippen LogP contribution >= 0.6 is 27.5 Å². The van der Waals surface area contributed by atoms with Crippen LogP contribution in [-0.4, -0.2) is 6.54 Å². The summed E-state index contributed by atoms with van der Waals surface area (Å²) in [6.45, 7) is 5.17. The first-order chi connectivity index (χ1) is 9.63. The van der Waals surface area contributed by atoms with Crippen LogP contribution in [0.25, 0.3) is 0 Å². The van der Waals surface area contributed by atoms with E-state index in [2.05, 4.69) is 59.4 Å². The molecule has 3 heteroatoms. The van der Waals surface area contributed by atoms with Gasteiger partial charge in [-0.1, -0.05) is 70.9 Å². The van der Waals surface area contributed by atoms with Gasteiger partial charge in [-0.05, 0) is 42.6 Å². The molecule has 2 aromatic rings. The lowest BCUT2D eigenvalue weighted by atomic mass is 9.97. The minimum absolute atomic E-state index is 0.258. The van der Waals surface area contributed by atoms with Gasteiger partial charge in [0.05, 0.1) is 0 Å². The molecule has 1 atom stereocenters. The maximum absolute atomic E-state index is 6.29. The van der Waals surface area contributed by atoms with Crippen LogP contribution in [0.4, 0.5) is 0 Å². The summed E-state index contributed by atoms with van der Waals surface area (Å²) in [6.07, 6.45) is 0.884. The fraction of sp³-hybridized carbons (Fsp3) is 0.294. The third-order valence-electron chi connectivity index (χ3n) is 3.43. The molecule has 1 nitrogen and oxygen atoms in total. The number of likely N-dealkylation sites (N-methyl/N-ethyl adjacent to an activating group) is 1. The number of rotatable bonds is 5. The first-order valence-corrected chi connectivity index (χ1v) is 8.02. The quantitative estimate of drug-likeness (QED) is 0.769. The number of benzene rings is 2. The van der Waals surface area contributed by atoms with Crippen LogP contribution in [0.5, 0.6) is 0 Å². The van der Waals surface area contributed by atoms with E-state index in [9.17, 15) is 0 Å². The molecular formula is C17H19BrClN. The predicted octanol–water partition coefficient (Wildman–Crippen LogP) is 5.30. The number of hydrogen-bond donors (Lipinski definition) is 1. The minimum Gasteiger partial charge on any atom is -0.310 e. The van der Waals surface area contributed by atoms with Crippen LogP contribution in [0.2, 0.25) is 5.02 Å². The minimum atomic E-state index is 0.258. The first kappa shape index (κ1) is 15.6. The second kappa shape index (κ2) is 7.26. The van der Waals surface area contributed by atoms with Crippen LogP contribution in [0.3, 0.4) is 0 Å². The van der Waals surface area contributed by atoms with E-state index in [4.69, 9.17) is 11.6 Å². The number of halogens is 2. The van der Waals surface area contributed by atoms with E-state index in [0.717, 1.165) is 18.0 Å². The van der Waals surface area contributed by atoms with E-state index >= 15 is 0 Å². The number of aryl methyl sites for hydroxylation is 1. The van der Waals surface area contributed by atoms with Gasteiger partial charge in [-0.2, -0.15) is 0 Å². The Labute approximate surface area is 134 Å². The first-order valence-electron chi connectivity index (χ1n) is 6.85. The Morgan fingerprint density at radius 2 is 1.90 bits per heavy atom. The van der Waals surface area contributed by atoms with Gasteiger partial charge in [-0.25, -0.2) is 0 Å². The third-order valence-corrected chi connectivity index (χ3v) is 4.88. The van der Waals surface area contributed by atoms with Crippen LogP contribution in [0.1, 0.15) is 29.7 Å². The van der Waals surface area contributed by atoms with Gasteiger partial charge in [0.15, 0.2) is 0 Å². The van der Waals surface area contributed by atoms with Gasteiger partial charge >= 0.3 is 0 Å². The average molecular weight is 353 g/mol. The molecule has 0 saturated heterocycles. The van der Waals surface area contributed by atoms with E-state index in [1.54, 1.807) is 0 Å². The van der Waals surface area contributed by atoms with Gasteiger partial charge in [-0.3, -0.25) is 0 Å². The summed E-state index contributed by atoms with van der Waals surface area (Å²) in [7, 11) is 0. The molecule has 1 N–H and O–H groups in total. The maximum atomic E-state index is 6.29. The Hall–Kier alpha value is -0.830. The highest BCUT2D eigenvalue weighted by Gasteiger charge is 2.16. The van der Waals surface area contributed by atoms with Crippen molar-refractivity contribution < 1.29 is 0 Å². The van der Waals surface area contributed by atoms with Crippen molar-refractivity contribution in [3.63, 3.8) is 0 Å². The monoisotopic (exact) mass is 351 g/mol. The Bertz CT molecular complexity index is 583. The van der Waals surface area contributed by atoms with Crippen molar-refractivity contribution in [1.82, 2.24) is 5.32 Å². The summed E-state index contributed by atoms with van der Waals surface area (Å²) >= 11 is 10.00. The number of hydrogen-bond acceptors (Lipinski definition) is 1. The summed E-state index contributed by atoms with van der Waals surface area (Å²) in [5.41, 5.74) is 3.71. The molecule has 0 fully saturated rings. The zero-order chi connectivity index (χ0) is 14.5. The third kappa shape index (κ3) is 3.63. The molecule has 2 aromatic carbocycles. The highest BCUT2D eigenvalue weighted by atomic mass is 79.9. The van der Waals surface area contributed by atoms with Crippen LogP contribution in [-0.2, 0) is 6.42 Å². The summed E-state index contributed by atoms with van der Waals surface area (Å²) in [5, 5.41) is 4.39. The predicted molar refractivity (Wildman–Crippen MR) is 90.5 cm³/mol. The van der Waals surface area contributed by atoms with Crippen molar-refractivity contribution in [1.29, 1.82) is 0 Å². The van der Waals surface area contributed by atoms with Gasteiger partial charge in [0.1, 0.15) is 0 Å². The summed E-state index contributed by atoms with van der Waals surface area (Å²) < 4.78 is 1.18. The molecule has 0 spiro atoms. The van der Waals surface area contributed by atoms with Crippen molar-refractivity contribution in [2.24, 2.45) is 0 Å². The summed E-state index contributed by atoms with van der Waals surface area (Å²) in [4.78, 5) is 0. The molecule has 0 saturated carbocycles. The lowest BCUT2D eigenvalue weighted by Crippen LogP contribution is -2.23. The molecule has 0 heterocycles. The van der Waals surface area contributed by atoms with Crippen LogP contribution < -0.4 is 5.32 Å². The zero-order valence-corrected chi connectivity index (χ0v) is 14.1. The molecule has 0 aliphatic carbocycles. The molecule has 0 bridgehead atoms. The molecular weight excluding hydrogens is 334 g/mol. The SMILES string of the molecule is CCNC(Cc1ccccc1Cl)c1cccc(C)c1Br. The average Bonchev–Trinajstić information content (AvgIpc) is 2.44. The maximum Gasteiger partial charge on any atom is 0.0438 e. The fourth-order valence-corrected chi connectivity index (χ4v) is 3.12. The van der Waals surface area contributed by atoms with Crippen molar-refractivity contribution in [2.45, 2.75) is 26.3 Å². The lowest BCUT2D eigenvalue weighted by molar-refractivity contribution is 0.547. The number of nitrogens with one attached hydrogen (secondary N) is 1. The van der Waals surface area contributed by atoms with E-state index in [-0.39, 0.29) is 6.04 Å². The van der Waals surface area contributed by atoms with Crippen molar-refractivity contribution >= 4 is 27.5 Å². The molecule has 2 rings (SSSR count). The normalized spacial score (nSPS) is 12.4. The highest BCUT2D eigenvalue weighted by molar-refractivity contribution is 9.10. The molecule has 0 aliphatic rings. The van der Waals surface area contributed by atoms with Gasteiger partial charge < -0.3 is 5.32 Å². The molecule has 0 radical (unpaired) electrons. The zero-order valence-electron chi connectivity index (χ0n) is 11.8. The Morgan fingerprint density at radius 3 is 2.60 bits per heavy atom.